The maximum atomic E-state index is 11.1. The van der Waals surface area contributed by atoms with Gasteiger partial charge in [0, 0.05) is 18.8 Å². The number of likely N-dealkylation sites (tertiary alicyclic amines) is 1. The Morgan fingerprint density at radius 1 is 1.50 bits per heavy atom. The summed E-state index contributed by atoms with van der Waals surface area (Å²) in [5.74, 6) is -0.684. The quantitative estimate of drug-likeness (QED) is 0.751. The standard InChI is InChI=1S/C12H24N2O2/c1-4-12(2,3)13-9-14-8-6-5-7-10(14)11(15)16/h10,13H,4-9H2,1-3H3,(H,15,16)/t10-/m0/s1. The van der Waals surface area contributed by atoms with Gasteiger partial charge in [-0.05, 0) is 33.1 Å². The van der Waals surface area contributed by atoms with Gasteiger partial charge in [0.15, 0.2) is 0 Å². The summed E-state index contributed by atoms with van der Waals surface area (Å²) in [4.78, 5) is 13.1. The van der Waals surface area contributed by atoms with Crippen molar-refractivity contribution in [1.29, 1.82) is 0 Å². The summed E-state index contributed by atoms with van der Waals surface area (Å²) in [6.45, 7) is 8.00. The number of carboxylic acids is 1. The van der Waals surface area contributed by atoms with E-state index in [4.69, 9.17) is 5.11 Å². The zero-order chi connectivity index (χ0) is 12.2. The van der Waals surface area contributed by atoms with Crippen LogP contribution in [0.1, 0.15) is 46.5 Å². The second kappa shape index (κ2) is 5.64. The molecule has 1 heterocycles. The predicted molar refractivity (Wildman–Crippen MR) is 64.4 cm³/mol. The van der Waals surface area contributed by atoms with Crippen LogP contribution in [0.3, 0.4) is 0 Å². The Bertz CT molecular complexity index is 241. The second-order valence-electron chi connectivity index (χ2n) is 5.23. The summed E-state index contributed by atoms with van der Waals surface area (Å²) in [6, 6.07) is -0.297. The number of piperidine rings is 1. The average molecular weight is 228 g/mol. The van der Waals surface area contributed by atoms with Crippen LogP contribution in [0.5, 0.6) is 0 Å². The highest BCUT2D eigenvalue weighted by Crippen LogP contribution is 2.17. The largest absolute Gasteiger partial charge is 0.480 e. The van der Waals surface area contributed by atoms with E-state index < -0.39 is 5.97 Å². The van der Waals surface area contributed by atoms with Gasteiger partial charge in [-0.1, -0.05) is 13.3 Å². The summed E-state index contributed by atoms with van der Waals surface area (Å²) in [6.07, 6.45) is 3.96. The van der Waals surface area contributed by atoms with Gasteiger partial charge in [0.25, 0.3) is 0 Å². The zero-order valence-corrected chi connectivity index (χ0v) is 10.6. The number of nitrogens with one attached hydrogen (secondary N) is 1. The lowest BCUT2D eigenvalue weighted by Gasteiger charge is -2.36. The molecule has 4 nitrogen and oxygen atoms in total. The minimum atomic E-state index is -0.684. The normalized spacial score (nSPS) is 23.3. The summed E-state index contributed by atoms with van der Waals surface area (Å²) < 4.78 is 0. The number of carbonyl (C=O) groups is 1. The monoisotopic (exact) mass is 228 g/mol. The number of hydrogen-bond acceptors (Lipinski definition) is 3. The number of rotatable bonds is 5. The molecule has 1 saturated heterocycles. The van der Waals surface area contributed by atoms with E-state index in [0.29, 0.717) is 6.67 Å². The first kappa shape index (κ1) is 13.5. The van der Waals surface area contributed by atoms with Gasteiger partial charge in [-0.3, -0.25) is 15.0 Å². The molecule has 16 heavy (non-hydrogen) atoms. The van der Waals surface area contributed by atoms with Crippen molar-refractivity contribution in [3.8, 4) is 0 Å². The fourth-order valence-corrected chi connectivity index (χ4v) is 1.90. The fraction of sp³-hybridized carbons (Fsp3) is 0.917. The Labute approximate surface area is 98.0 Å². The highest BCUT2D eigenvalue weighted by molar-refractivity contribution is 5.73. The summed E-state index contributed by atoms with van der Waals surface area (Å²) >= 11 is 0. The van der Waals surface area contributed by atoms with Crippen molar-refractivity contribution in [2.45, 2.75) is 58.0 Å². The fourth-order valence-electron chi connectivity index (χ4n) is 1.90. The minimum Gasteiger partial charge on any atom is -0.480 e. The molecule has 1 rings (SSSR count). The molecule has 94 valence electrons. The van der Waals surface area contributed by atoms with Gasteiger partial charge in [-0.2, -0.15) is 0 Å². The van der Waals surface area contributed by atoms with Crippen LogP contribution >= 0.6 is 0 Å². The van der Waals surface area contributed by atoms with Gasteiger partial charge < -0.3 is 5.11 Å². The van der Waals surface area contributed by atoms with E-state index in [9.17, 15) is 4.79 Å². The molecule has 0 radical (unpaired) electrons. The van der Waals surface area contributed by atoms with E-state index in [1.54, 1.807) is 0 Å². The van der Waals surface area contributed by atoms with Gasteiger partial charge in [-0.25, -0.2) is 0 Å². The third-order valence-corrected chi connectivity index (χ3v) is 3.54. The van der Waals surface area contributed by atoms with E-state index >= 15 is 0 Å². The van der Waals surface area contributed by atoms with E-state index in [1.165, 1.54) is 0 Å². The molecule has 0 aromatic carbocycles. The van der Waals surface area contributed by atoms with Crippen LogP contribution in [0.4, 0.5) is 0 Å². The Morgan fingerprint density at radius 2 is 2.19 bits per heavy atom. The van der Waals surface area contributed by atoms with Crippen LogP contribution in [0, 0.1) is 0 Å². The van der Waals surface area contributed by atoms with Crippen molar-refractivity contribution in [1.82, 2.24) is 10.2 Å². The van der Waals surface area contributed by atoms with Crippen molar-refractivity contribution in [2.24, 2.45) is 0 Å². The van der Waals surface area contributed by atoms with Crippen LogP contribution < -0.4 is 5.32 Å². The Kier molecular flexibility index (Phi) is 4.74. The molecule has 1 aliphatic heterocycles. The molecule has 1 aliphatic rings. The third-order valence-electron chi connectivity index (χ3n) is 3.54. The minimum absolute atomic E-state index is 0.0838. The summed E-state index contributed by atoms with van der Waals surface area (Å²) in [7, 11) is 0. The first-order valence-electron chi connectivity index (χ1n) is 6.18. The van der Waals surface area contributed by atoms with Crippen molar-refractivity contribution < 1.29 is 9.90 Å². The van der Waals surface area contributed by atoms with Gasteiger partial charge in [-0.15, -0.1) is 0 Å². The Morgan fingerprint density at radius 3 is 2.75 bits per heavy atom. The maximum Gasteiger partial charge on any atom is 0.320 e. The lowest BCUT2D eigenvalue weighted by Crippen LogP contribution is -2.52. The first-order valence-corrected chi connectivity index (χ1v) is 6.18. The zero-order valence-electron chi connectivity index (χ0n) is 10.6. The predicted octanol–water partition coefficient (Wildman–Crippen LogP) is 1.66. The SMILES string of the molecule is CCC(C)(C)NCN1CCCC[C@H]1C(=O)O. The topological polar surface area (TPSA) is 52.6 Å². The van der Waals surface area contributed by atoms with Crippen molar-refractivity contribution in [2.75, 3.05) is 13.2 Å². The van der Waals surface area contributed by atoms with Crippen LogP contribution in [0.2, 0.25) is 0 Å². The van der Waals surface area contributed by atoms with E-state index in [-0.39, 0.29) is 11.6 Å². The van der Waals surface area contributed by atoms with Crippen molar-refractivity contribution in [3.63, 3.8) is 0 Å². The Balaban J connectivity index is 2.47. The lowest BCUT2D eigenvalue weighted by molar-refractivity contribution is -0.144. The van der Waals surface area contributed by atoms with E-state index in [0.717, 1.165) is 32.2 Å². The van der Waals surface area contributed by atoms with E-state index in [2.05, 4.69) is 26.1 Å². The third kappa shape index (κ3) is 3.76. The second-order valence-corrected chi connectivity index (χ2v) is 5.23. The molecule has 0 aliphatic carbocycles. The van der Waals surface area contributed by atoms with Gasteiger partial charge in [0.2, 0.25) is 0 Å². The molecule has 2 N–H and O–H groups in total. The molecule has 0 bridgehead atoms. The van der Waals surface area contributed by atoms with Crippen LogP contribution in [-0.2, 0) is 4.79 Å². The highest BCUT2D eigenvalue weighted by atomic mass is 16.4. The number of nitrogens with zero attached hydrogens (tertiary/aromatic N) is 1. The van der Waals surface area contributed by atoms with Crippen molar-refractivity contribution in [3.05, 3.63) is 0 Å². The number of carboxylic acid groups (broad SMARTS) is 1. The molecule has 1 atom stereocenters. The number of hydrogen-bond donors (Lipinski definition) is 2. The molecule has 0 aromatic rings. The molecule has 0 unspecified atom stereocenters. The van der Waals surface area contributed by atoms with Crippen LogP contribution in [0.25, 0.3) is 0 Å². The van der Waals surface area contributed by atoms with Gasteiger partial charge >= 0.3 is 5.97 Å². The molecule has 1 fully saturated rings. The molecule has 0 spiro atoms. The molecular formula is C12H24N2O2. The summed E-state index contributed by atoms with van der Waals surface area (Å²) in [5.41, 5.74) is 0.0838. The molecule has 4 heteroatoms. The smallest absolute Gasteiger partial charge is 0.320 e. The number of aliphatic carboxylic acids is 1. The maximum absolute atomic E-state index is 11.1. The van der Waals surface area contributed by atoms with E-state index in [1.807, 2.05) is 4.90 Å². The average Bonchev–Trinajstić information content (AvgIpc) is 2.27. The van der Waals surface area contributed by atoms with Gasteiger partial charge in [0.05, 0.1) is 0 Å². The van der Waals surface area contributed by atoms with Crippen LogP contribution in [-0.4, -0.2) is 40.8 Å². The lowest BCUT2D eigenvalue weighted by atomic mass is 10.0. The molecule has 0 aromatic heterocycles. The van der Waals surface area contributed by atoms with Crippen molar-refractivity contribution >= 4 is 5.97 Å². The summed E-state index contributed by atoms with van der Waals surface area (Å²) in [5, 5.41) is 12.6. The highest BCUT2D eigenvalue weighted by Gasteiger charge is 2.29. The molecule has 0 saturated carbocycles. The molecular weight excluding hydrogens is 204 g/mol. The molecule has 0 amide bonds. The first-order chi connectivity index (χ1) is 7.46. The van der Waals surface area contributed by atoms with Crippen LogP contribution in [0.15, 0.2) is 0 Å². The Hall–Kier alpha value is -0.610. The van der Waals surface area contributed by atoms with Gasteiger partial charge in [0.1, 0.15) is 6.04 Å².